The molecular formula is C17H14ClF3N2O3S. The van der Waals surface area contributed by atoms with E-state index in [1.807, 2.05) is 0 Å². The summed E-state index contributed by atoms with van der Waals surface area (Å²) in [5, 5.41) is 7.97. The summed E-state index contributed by atoms with van der Waals surface area (Å²) >= 11 is 5.79. The molecule has 3 fully saturated rings. The average Bonchev–Trinajstić information content (AvgIpc) is 3.23. The molecule has 27 heavy (non-hydrogen) atoms. The molecule has 1 aliphatic heterocycles. The van der Waals surface area contributed by atoms with Crippen LogP contribution >= 0.6 is 11.6 Å². The highest BCUT2D eigenvalue weighted by Gasteiger charge is 2.74. The molecule has 0 unspecified atom stereocenters. The van der Waals surface area contributed by atoms with Crippen LogP contribution in [-0.2, 0) is 21.0 Å². The fraction of sp³-hybridized carbons (Fsp3) is 0.529. The van der Waals surface area contributed by atoms with Crippen molar-refractivity contribution in [3.63, 3.8) is 0 Å². The Labute approximate surface area is 158 Å². The number of anilines is 1. The summed E-state index contributed by atoms with van der Waals surface area (Å²) in [6.07, 6.45) is -2.86. The molecule has 4 rings (SSSR count). The van der Waals surface area contributed by atoms with E-state index >= 15 is 0 Å². The van der Waals surface area contributed by atoms with Gasteiger partial charge in [-0.2, -0.15) is 18.4 Å². The van der Waals surface area contributed by atoms with Gasteiger partial charge in [-0.3, -0.25) is 9.10 Å². The number of alkyl halides is 3. The van der Waals surface area contributed by atoms with Crippen molar-refractivity contribution in [3.05, 3.63) is 29.3 Å². The Morgan fingerprint density at radius 1 is 1.33 bits per heavy atom. The second-order valence-corrected chi connectivity index (χ2v) is 9.73. The van der Waals surface area contributed by atoms with Crippen LogP contribution in [0.5, 0.6) is 0 Å². The van der Waals surface area contributed by atoms with E-state index in [1.54, 1.807) is 0 Å². The first-order chi connectivity index (χ1) is 12.5. The van der Waals surface area contributed by atoms with Crippen molar-refractivity contribution in [2.24, 2.45) is 17.8 Å². The van der Waals surface area contributed by atoms with Gasteiger partial charge in [-0.15, -0.1) is 0 Å². The van der Waals surface area contributed by atoms with Crippen molar-refractivity contribution in [1.82, 2.24) is 0 Å². The Balaban J connectivity index is 1.86. The topological polar surface area (TPSA) is 78.2 Å². The Morgan fingerprint density at radius 3 is 2.59 bits per heavy atom. The molecule has 10 heteroatoms. The van der Waals surface area contributed by atoms with Crippen LogP contribution in [0.15, 0.2) is 18.2 Å². The highest BCUT2D eigenvalue weighted by atomic mass is 35.5. The number of hydrogen-bond acceptors (Lipinski definition) is 4. The van der Waals surface area contributed by atoms with Crippen LogP contribution in [0.3, 0.4) is 0 Å². The maximum absolute atomic E-state index is 13.3. The van der Waals surface area contributed by atoms with Gasteiger partial charge >= 0.3 is 6.18 Å². The summed E-state index contributed by atoms with van der Waals surface area (Å²) in [5.74, 6) is -0.929. The molecule has 4 atom stereocenters. The number of carbonyl (C=O) groups excluding carboxylic acids is 1. The summed E-state index contributed by atoms with van der Waals surface area (Å²) in [7, 11) is -4.29. The standard InChI is InChI=1S/C17H14ClF3N2O3S/c18-15(24)16-11-3-1-9(5-11)14(16)8-23(27(16,25)26)12-4-2-10(7-22)13(6-12)17(19,20)21/h2,4,6,9,11,14H,1,3,5,8H2/t9-,11+,14-,16+/m0/s1. The van der Waals surface area contributed by atoms with Crippen molar-refractivity contribution in [2.75, 3.05) is 10.8 Å². The second kappa shape index (κ2) is 5.61. The summed E-state index contributed by atoms with van der Waals surface area (Å²) in [4.78, 5) is 12.3. The first-order valence-electron chi connectivity index (χ1n) is 8.38. The maximum Gasteiger partial charge on any atom is 0.417 e. The van der Waals surface area contributed by atoms with Gasteiger partial charge < -0.3 is 0 Å². The summed E-state index contributed by atoms with van der Waals surface area (Å²) in [6.45, 7) is -0.0782. The molecule has 144 valence electrons. The molecule has 2 bridgehead atoms. The molecule has 1 aromatic rings. The van der Waals surface area contributed by atoms with Gasteiger partial charge in [-0.1, -0.05) is 0 Å². The number of rotatable bonds is 2. The lowest BCUT2D eigenvalue weighted by molar-refractivity contribution is -0.137. The number of halogens is 4. The first kappa shape index (κ1) is 18.6. The molecule has 1 saturated heterocycles. The number of nitrogens with zero attached hydrogens (tertiary/aromatic N) is 2. The normalized spacial score (nSPS) is 33.7. The zero-order chi connectivity index (χ0) is 19.8. The summed E-state index contributed by atoms with van der Waals surface area (Å²) in [5.41, 5.74) is -2.00. The summed E-state index contributed by atoms with van der Waals surface area (Å²) in [6, 6.07) is 4.24. The predicted octanol–water partition coefficient (Wildman–Crippen LogP) is 3.28. The van der Waals surface area contributed by atoms with Crippen molar-refractivity contribution in [3.8, 4) is 6.07 Å². The van der Waals surface area contributed by atoms with Crippen LogP contribution in [0.4, 0.5) is 18.9 Å². The fourth-order valence-electron chi connectivity index (χ4n) is 5.24. The van der Waals surface area contributed by atoms with Gasteiger partial charge in [0.05, 0.1) is 22.9 Å². The van der Waals surface area contributed by atoms with Gasteiger partial charge in [-0.05, 0) is 60.9 Å². The van der Waals surface area contributed by atoms with E-state index in [0.29, 0.717) is 18.9 Å². The van der Waals surface area contributed by atoms with E-state index in [2.05, 4.69) is 0 Å². The molecule has 3 aliphatic rings. The molecule has 0 N–H and O–H groups in total. The monoisotopic (exact) mass is 418 g/mol. The molecule has 0 radical (unpaired) electrons. The molecular weight excluding hydrogens is 405 g/mol. The zero-order valence-corrected chi connectivity index (χ0v) is 15.4. The van der Waals surface area contributed by atoms with Crippen LogP contribution in [0.1, 0.15) is 30.4 Å². The molecule has 2 aliphatic carbocycles. The van der Waals surface area contributed by atoms with E-state index in [-0.39, 0.29) is 18.2 Å². The average molecular weight is 419 g/mol. The van der Waals surface area contributed by atoms with E-state index in [0.717, 1.165) is 16.8 Å². The minimum absolute atomic E-state index is 0.0120. The van der Waals surface area contributed by atoms with Gasteiger partial charge in [0.15, 0.2) is 4.75 Å². The van der Waals surface area contributed by atoms with Crippen LogP contribution in [0.2, 0.25) is 0 Å². The number of sulfonamides is 1. The van der Waals surface area contributed by atoms with Gasteiger partial charge in [0.25, 0.3) is 0 Å². The molecule has 1 heterocycles. The number of fused-ring (bicyclic) bond motifs is 5. The van der Waals surface area contributed by atoms with Crippen molar-refractivity contribution >= 4 is 32.6 Å². The predicted molar refractivity (Wildman–Crippen MR) is 90.3 cm³/mol. The quantitative estimate of drug-likeness (QED) is 0.690. The third kappa shape index (κ3) is 2.23. The van der Waals surface area contributed by atoms with Crippen molar-refractivity contribution in [2.45, 2.75) is 30.2 Å². The lowest BCUT2D eigenvalue weighted by atomic mass is 9.79. The zero-order valence-electron chi connectivity index (χ0n) is 13.8. The van der Waals surface area contributed by atoms with Gasteiger partial charge in [-0.25, -0.2) is 8.42 Å². The van der Waals surface area contributed by atoms with Crippen LogP contribution in [-0.4, -0.2) is 25.0 Å². The minimum atomic E-state index is -4.81. The Morgan fingerprint density at radius 2 is 2.04 bits per heavy atom. The third-order valence-corrected chi connectivity index (χ3v) is 9.34. The fourth-order valence-corrected chi connectivity index (χ4v) is 8.43. The lowest BCUT2D eigenvalue weighted by Gasteiger charge is -2.33. The van der Waals surface area contributed by atoms with Crippen molar-refractivity contribution < 1.29 is 26.4 Å². The largest absolute Gasteiger partial charge is 0.417 e. The maximum atomic E-state index is 13.3. The van der Waals surface area contributed by atoms with E-state index < -0.39 is 49.2 Å². The van der Waals surface area contributed by atoms with Gasteiger partial charge in [0, 0.05) is 12.5 Å². The molecule has 0 amide bonds. The number of carbonyl (C=O) groups is 1. The van der Waals surface area contributed by atoms with Crippen molar-refractivity contribution in [1.29, 1.82) is 5.26 Å². The highest BCUT2D eigenvalue weighted by molar-refractivity contribution is 7.95. The SMILES string of the molecule is N#Cc1ccc(N2C[C@H]3[C@H]4CC[C@H](C4)[C@@]3(C(=O)Cl)S2(=O)=O)cc1C(F)(F)F. The van der Waals surface area contributed by atoms with Crippen LogP contribution < -0.4 is 4.31 Å². The Kier molecular flexibility index (Phi) is 3.86. The van der Waals surface area contributed by atoms with Gasteiger partial charge in [0.2, 0.25) is 15.3 Å². The lowest BCUT2D eigenvalue weighted by Crippen LogP contribution is -2.52. The number of benzene rings is 1. The molecule has 2 saturated carbocycles. The van der Waals surface area contributed by atoms with Crippen LogP contribution in [0, 0.1) is 29.1 Å². The number of hydrogen-bond donors (Lipinski definition) is 0. The Hall–Kier alpha value is -1.79. The Bertz CT molecular complexity index is 988. The molecule has 5 nitrogen and oxygen atoms in total. The second-order valence-electron chi connectivity index (χ2n) is 7.32. The van der Waals surface area contributed by atoms with Crippen LogP contribution in [0.25, 0.3) is 0 Å². The first-order valence-corrected chi connectivity index (χ1v) is 10.2. The summed E-state index contributed by atoms with van der Waals surface area (Å²) < 4.78 is 65.6. The molecule has 0 aromatic heterocycles. The smallest absolute Gasteiger partial charge is 0.279 e. The van der Waals surface area contributed by atoms with E-state index in [4.69, 9.17) is 16.9 Å². The molecule has 1 aromatic carbocycles. The minimum Gasteiger partial charge on any atom is -0.279 e. The number of nitriles is 1. The van der Waals surface area contributed by atoms with Gasteiger partial charge in [0.1, 0.15) is 0 Å². The highest BCUT2D eigenvalue weighted by Crippen LogP contribution is 2.63. The van der Waals surface area contributed by atoms with E-state index in [1.165, 1.54) is 12.1 Å². The third-order valence-electron chi connectivity index (χ3n) is 6.30. The molecule has 0 spiro atoms. The van der Waals surface area contributed by atoms with E-state index in [9.17, 15) is 26.4 Å².